The monoisotopic (exact) mass is 276 g/mol. The summed E-state index contributed by atoms with van der Waals surface area (Å²) in [6.45, 7) is 1.81. The quantitative estimate of drug-likeness (QED) is 0.503. The van der Waals surface area contributed by atoms with Gasteiger partial charge >= 0.3 is 5.97 Å². The molecule has 20 heavy (non-hydrogen) atoms. The minimum absolute atomic E-state index is 0.114. The van der Waals surface area contributed by atoms with Crippen LogP contribution in [0.4, 0.5) is 17.2 Å². The number of anilines is 2. The molecule has 0 amide bonds. The minimum atomic E-state index is -0.629. The highest BCUT2D eigenvalue weighted by molar-refractivity contribution is 5.91. The van der Waals surface area contributed by atoms with E-state index in [1.54, 1.807) is 6.07 Å². The summed E-state index contributed by atoms with van der Waals surface area (Å²) in [6.07, 6.45) is 0. The van der Waals surface area contributed by atoms with Gasteiger partial charge in [-0.05, 0) is 19.1 Å². The first-order chi connectivity index (χ1) is 9.51. The summed E-state index contributed by atoms with van der Waals surface area (Å²) < 4.78 is 4.53. The third-order valence-corrected chi connectivity index (χ3v) is 2.58. The number of nitro benzene ring substituents is 1. The van der Waals surface area contributed by atoms with E-state index >= 15 is 0 Å². The smallest absolute Gasteiger partial charge is 0.338 e. The molecule has 2 aromatic rings. The second-order valence-electron chi connectivity index (χ2n) is 4.04. The molecule has 1 aromatic carbocycles. The molecule has 0 radical (unpaired) electrons. The van der Waals surface area contributed by atoms with Crippen LogP contribution in [0.25, 0.3) is 0 Å². The number of nitrogens with one attached hydrogen (secondary N) is 2. The Bertz CT molecular complexity index is 665. The van der Waals surface area contributed by atoms with E-state index < -0.39 is 10.9 Å². The molecule has 0 fully saturated rings. The van der Waals surface area contributed by atoms with Gasteiger partial charge in [0.15, 0.2) is 5.82 Å². The molecule has 0 bridgehead atoms. The van der Waals surface area contributed by atoms with Crippen LogP contribution < -0.4 is 5.32 Å². The van der Waals surface area contributed by atoms with Crippen LogP contribution in [0, 0.1) is 17.0 Å². The van der Waals surface area contributed by atoms with Gasteiger partial charge in [0.25, 0.3) is 5.69 Å². The molecule has 2 N–H and O–H groups in total. The molecule has 0 aliphatic rings. The number of carbonyl (C=O) groups excluding carboxylic acids is 1. The van der Waals surface area contributed by atoms with Crippen LogP contribution >= 0.6 is 0 Å². The molecule has 8 heteroatoms. The van der Waals surface area contributed by atoms with Crippen LogP contribution in [0.5, 0.6) is 0 Å². The number of ether oxygens (including phenoxy) is 1. The Balaban J connectivity index is 2.37. The SMILES string of the molecule is COC(=O)c1ccc(Nc2cc(C)[nH]n2)c([N+](=O)[O-])c1. The first kappa shape index (κ1) is 13.5. The van der Waals surface area contributed by atoms with E-state index in [2.05, 4.69) is 20.3 Å². The Morgan fingerprint density at radius 1 is 1.45 bits per heavy atom. The highest BCUT2D eigenvalue weighted by Crippen LogP contribution is 2.28. The zero-order chi connectivity index (χ0) is 14.7. The minimum Gasteiger partial charge on any atom is -0.465 e. The second-order valence-corrected chi connectivity index (χ2v) is 4.04. The van der Waals surface area contributed by atoms with Crippen molar-refractivity contribution in [3.63, 3.8) is 0 Å². The lowest BCUT2D eigenvalue weighted by atomic mass is 10.1. The molecular weight excluding hydrogens is 264 g/mol. The van der Waals surface area contributed by atoms with Crippen LogP contribution in [-0.4, -0.2) is 28.2 Å². The van der Waals surface area contributed by atoms with Gasteiger partial charge in [-0.1, -0.05) is 0 Å². The number of aryl methyl sites for hydroxylation is 1. The van der Waals surface area contributed by atoms with Gasteiger partial charge in [0, 0.05) is 17.8 Å². The molecule has 0 saturated carbocycles. The molecule has 0 atom stereocenters. The van der Waals surface area contributed by atoms with Crippen molar-refractivity contribution in [3.05, 3.63) is 45.6 Å². The summed E-state index contributed by atoms with van der Waals surface area (Å²) in [7, 11) is 1.22. The Hall–Kier alpha value is -2.90. The molecule has 0 unspecified atom stereocenters. The molecule has 104 valence electrons. The zero-order valence-electron chi connectivity index (χ0n) is 10.8. The number of carbonyl (C=O) groups is 1. The van der Waals surface area contributed by atoms with Gasteiger partial charge in [0.2, 0.25) is 0 Å². The predicted octanol–water partition coefficient (Wildman–Crippen LogP) is 2.16. The number of hydrogen-bond donors (Lipinski definition) is 2. The Morgan fingerprint density at radius 3 is 2.75 bits per heavy atom. The number of aromatic nitrogens is 2. The van der Waals surface area contributed by atoms with E-state index in [0.29, 0.717) is 5.82 Å². The van der Waals surface area contributed by atoms with Crippen molar-refractivity contribution in [1.29, 1.82) is 0 Å². The van der Waals surface area contributed by atoms with E-state index in [1.807, 2.05) is 6.92 Å². The lowest BCUT2D eigenvalue weighted by Gasteiger charge is -2.05. The third kappa shape index (κ3) is 2.74. The number of H-pyrrole nitrogens is 1. The number of aromatic amines is 1. The summed E-state index contributed by atoms with van der Waals surface area (Å²) in [6, 6.07) is 5.75. The van der Waals surface area contributed by atoms with Crippen molar-refractivity contribution in [3.8, 4) is 0 Å². The van der Waals surface area contributed by atoms with Gasteiger partial charge in [-0.2, -0.15) is 5.10 Å². The lowest BCUT2D eigenvalue weighted by molar-refractivity contribution is -0.383. The van der Waals surface area contributed by atoms with Gasteiger partial charge in [0.05, 0.1) is 17.6 Å². The van der Waals surface area contributed by atoms with Gasteiger partial charge in [0.1, 0.15) is 5.69 Å². The fourth-order valence-electron chi connectivity index (χ4n) is 1.65. The number of nitro groups is 1. The normalized spacial score (nSPS) is 10.1. The van der Waals surface area contributed by atoms with Gasteiger partial charge < -0.3 is 10.1 Å². The van der Waals surface area contributed by atoms with Crippen LogP contribution in [0.2, 0.25) is 0 Å². The van der Waals surface area contributed by atoms with Crippen molar-refractivity contribution in [2.24, 2.45) is 0 Å². The van der Waals surface area contributed by atoms with E-state index in [1.165, 1.54) is 19.2 Å². The summed E-state index contributed by atoms with van der Waals surface area (Å²) in [4.78, 5) is 21.9. The molecule has 0 aliphatic heterocycles. The summed E-state index contributed by atoms with van der Waals surface area (Å²) >= 11 is 0. The van der Waals surface area contributed by atoms with Crippen LogP contribution in [0.1, 0.15) is 16.1 Å². The van der Waals surface area contributed by atoms with Crippen molar-refractivity contribution in [2.75, 3.05) is 12.4 Å². The fourth-order valence-corrected chi connectivity index (χ4v) is 1.65. The average molecular weight is 276 g/mol. The Labute approximate surface area is 113 Å². The molecule has 0 aliphatic carbocycles. The second kappa shape index (κ2) is 5.39. The van der Waals surface area contributed by atoms with Gasteiger partial charge in [-0.15, -0.1) is 0 Å². The first-order valence-corrected chi connectivity index (χ1v) is 5.67. The number of rotatable bonds is 4. The fraction of sp³-hybridized carbons (Fsp3) is 0.167. The third-order valence-electron chi connectivity index (χ3n) is 2.58. The number of esters is 1. The van der Waals surface area contributed by atoms with Crippen LogP contribution in [0.3, 0.4) is 0 Å². The molecule has 0 saturated heterocycles. The molecule has 2 rings (SSSR count). The number of methoxy groups -OCH3 is 1. The summed E-state index contributed by atoms with van der Waals surface area (Å²) in [5.41, 5.74) is 0.951. The molecular formula is C12H12N4O4. The van der Waals surface area contributed by atoms with E-state index in [9.17, 15) is 14.9 Å². The van der Waals surface area contributed by atoms with Crippen molar-refractivity contribution in [2.45, 2.75) is 6.92 Å². The Morgan fingerprint density at radius 2 is 2.20 bits per heavy atom. The molecule has 1 aromatic heterocycles. The lowest BCUT2D eigenvalue weighted by Crippen LogP contribution is -2.04. The van der Waals surface area contributed by atoms with Crippen molar-refractivity contribution >= 4 is 23.2 Å². The largest absolute Gasteiger partial charge is 0.465 e. The standard InChI is InChI=1S/C12H12N4O4/c1-7-5-11(15-14-7)13-9-4-3-8(12(17)20-2)6-10(9)16(18)19/h3-6H,1-2H3,(H2,13,14,15). The highest BCUT2D eigenvalue weighted by Gasteiger charge is 2.18. The topological polar surface area (TPSA) is 110 Å². The average Bonchev–Trinajstić information content (AvgIpc) is 2.83. The van der Waals surface area contributed by atoms with Gasteiger partial charge in [-0.25, -0.2) is 4.79 Å². The Kier molecular flexibility index (Phi) is 3.65. The number of benzene rings is 1. The zero-order valence-corrected chi connectivity index (χ0v) is 10.8. The summed E-state index contributed by atoms with van der Waals surface area (Å²) in [5, 5.41) is 20.5. The molecule has 8 nitrogen and oxygen atoms in total. The number of nitrogens with zero attached hydrogens (tertiary/aromatic N) is 2. The maximum atomic E-state index is 11.4. The summed E-state index contributed by atoms with van der Waals surface area (Å²) in [5.74, 6) is -0.174. The van der Waals surface area contributed by atoms with Crippen LogP contribution in [-0.2, 0) is 4.74 Å². The molecule has 0 spiro atoms. The highest BCUT2D eigenvalue weighted by atomic mass is 16.6. The van der Waals surface area contributed by atoms with Crippen LogP contribution in [0.15, 0.2) is 24.3 Å². The maximum absolute atomic E-state index is 11.4. The molecule has 1 heterocycles. The van der Waals surface area contributed by atoms with Gasteiger partial charge in [-0.3, -0.25) is 15.2 Å². The first-order valence-electron chi connectivity index (χ1n) is 5.67. The van der Waals surface area contributed by atoms with E-state index in [4.69, 9.17) is 0 Å². The predicted molar refractivity (Wildman–Crippen MR) is 71.0 cm³/mol. The number of hydrogen-bond acceptors (Lipinski definition) is 6. The van der Waals surface area contributed by atoms with Crippen molar-refractivity contribution in [1.82, 2.24) is 10.2 Å². The van der Waals surface area contributed by atoms with E-state index in [0.717, 1.165) is 11.8 Å². The maximum Gasteiger partial charge on any atom is 0.338 e. The van der Waals surface area contributed by atoms with E-state index in [-0.39, 0.29) is 16.9 Å². The van der Waals surface area contributed by atoms with Crippen molar-refractivity contribution < 1.29 is 14.5 Å².